The van der Waals surface area contributed by atoms with Gasteiger partial charge in [0, 0.05) is 11.4 Å². The number of hydrogen-bond acceptors (Lipinski definition) is 3. The molecule has 26 heavy (non-hydrogen) atoms. The number of benzene rings is 2. The first-order valence-corrected chi connectivity index (χ1v) is 7.95. The van der Waals surface area contributed by atoms with Crippen LogP contribution in [0.5, 0.6) is 0 Å². The van der Waals surface area contributed by atoms with E-state index < -0.39 is 29.8 Å². The summed E-state index contributed by atoms with van der Waals surface area (Å²) in [4.78, 5) is 23.3. The van der Waals surface area contributed by atoms with Crippen molar-refractivity contribution in [2.75, 3.05) is 17.2 Å². The maximum atomic E-state index is 13.3. The molecule has 1 atom stereocenters. The first-order valence-electron chi connectivity index (χ1n) is 7.95. The average molecular weight is 363 g/mol. The van der Waals surface area contributed by atoms with Crippen molar-refractivity contribution < 1.29 is 23.1 Å². The van der Waals surface area contributed by atoms with Gasteiger partial charge in [-0.3, -0.25) is 5.32 Å². The maximum Gasteiger partial charge on any atom is 0.411 e. The zero-order valence-electron chi connectivity index (χ0n) is 14.3. The Labute approximate surface area is 149 Å². The highest BCUT2D eigenvalue weighted by atomic mass is 19.2. The van der Waals surface area contributed by atoms with E-state index >= 15 is 0 Å². The summed E-state index contributed by atoms with van der Waals surface area (Å²) >= 11 is 0. The second-order valence-electron chi connectivity index (χ2n) is 5.42. The number of amides is 3. The highest BCUT2D eigenvalue weighted by Gasteiger charge is 2.12. The van der Waals surface area contributed by atoms with Crippen LogP contribution in [0.4, 0.5) is 29.7 Å². The van der Waals surface area contributed by atoms with Crippen LogP contribution in [0.3, 0.4) is 0 Å². The molecule has 3 amide bonds. The molecule has 0 saturated heterocycles. The van der Waals surface area contributed by atoms with E-state index in [9.17, 15) is 18.4 Å². The molecule has 2 rings (SSSR count). The molecule has 1 unspecified atom stereocenters. The van der Waals surface area contributed by atoms with Crippen LogP contribution >= 0.6 is 0 Å². The molecule has 8 heteroatoms. The summed E-state index contributed by atoms with van der Waals surface area (Å²) in [7, 11) is 0. The van der Waals surface area contributed by atoms with Gasteiger partial charge in [0.2, 0.25) is 0 Å². The molecule has 0 aliphatic carbocycles. The number of nitrogens with one attached hydrogen (secondary N) is 3. The molecule has 3 N–H and O–H groups in total. The first-order chi connectivity index (χ1) is 12.4. The summed E-state index contributed by atoms with van der Waals surface area (Å²) in [6.45, 7) is 3.62. The molecule has 2 aromatic carbocycles. The van der Waals surface area contributed by atoms with E-state index in [2.05, 4.69) is 16.0 Å². The van der Waals surface area contributed by atoms with Crippen LogP contribution in [0.1, 0.15) is 25.5 Å². The SMILES string of the molecule is CCOC(=O)Nc1ccc(NC(=O)NC(C)c2ccc(F)c(F)c2)cc1. The predicted octanol–water partition coefficient (Wildman–Crippen LogP) is 4.42. The van der Waals surface area contributed by atoms with Gasteiger partial charge in [-0.25, -0.2) is 18.4 Å². The Balaban J connectivity index is 1.90. The minimum Gasteiger partial charge on any atom is -0.450 e. The standard InChI is InChI=1S/C18H19F2N3O3/c1-3-26-18(25)23-14-7-5-13(6-8-14)22-17(24)21-11(2)12-4-9-15(19)16(20)10-12/h4-11H,3H2,1-2H3,(H,23,25)(H2,21,22,24). The van der Waals surface area contributed by atoms with Gasteiger partial charge in [-0.05, 0) is 55.8 Å². The molecule has 0 spiro atoms. The third-order valence-corrected chi connectivity index (χ3v) is 3.46. The van der Waals surface area contributed by atoms with Crippen molar-refractivity contribution in [1.29, 1.82) is 0 Å². The third kappa shape index (κ3) is 5.44. The summed E-state index contributed by atoms with van der Waals surface area (Å²) in [5, 5.41) is 7.77. The highest BCUT2D eigenvalue weighted by molar-refractivity contribution is 5.90. The number of carbonyl (C=O) groups is 2. The molecule has 0 bridgehead atoms. The van der Waals surface area contributed by atoms with Gasteiger partial charge in [0.25, 0.3) is 0 Å². The quantitative estimate of drug-likeness (QED) is 0.736. The van der Waals surface area contributed by atoms with Crippen LogP contribution in [-0.4, -0.2) is 18.7 Å². The molecule has 6 nitrogen and oxygen atoms in total. The van der Waals surface area contributed by atoms with Gasteiger partial charge in [-0.15, -0.1) is 0 Å². The number of urea groups is 1. The lowest BCUT2D eigenvalue weighted by atomic mass is 10.1. The fourth-order valence-electron chi connectivity index (χ4n) is 2.15. The third-order valence-electron chi connectivity index (χ3n) is 3.46. The second kappa shape index (κ2) is 8.80. The van der Waals surface area contributed by atoms with E-state index in [1.807, 2.05) is 0 Å². The molecule has 138 valence electrons. The topological polar surface area (TPSA) is 79.5 Å². The minimum atomic E-state index is -0.971. The number of carbonyl (C=O) groups excluding carboxylic acids is 2. The molecule has 0 fully saturated rings. The largest absolute Gasteiger partial charge is 0.450 e. The number of halogens is 2. The second-order valence-corrected chi connectivity index (χ2v) is 5.42. The number of rotatable bonds is 5. The zero-order chi connectivity index (χ0) is 19.1. The van der Waals surface area contributed by atoms with Gasteiger partial charge in [0.1, 0.15) is 0 Å². The van der Waals surface area contributed by atoms with Gasteiger partial charge < -0.3 is 15.4 Å². The van der Waals surface area contributed by atoms with Crippen LogP contribution < -0.4 is 16.0 Å². The Kier molecular flexibility index (Phi) is 6.48. The summed E-state index contributed by atoms with van der Waals surface area (Å²) in [5.41, 5.74) is 1.45. The van der Waals surface area contributed by atoms with Crippen LogP contribution in [-0.2, 0) is 4.74 Å². The van der Waals surface area contributed by atoms with Crippen molar-refractivity contribution in [3.8, 4) is 0 Å². The lowest BCUT2D eigenvalue weighted by Crippen LogP contribution is -2.31. The smallest absolute Gasteiger partial charge is 0.411 e. The van der Waals surface area contributed by atoms with Crippen LogP contribution in [0.15, 0.2) is 42.5 Å². The molecular formula is C18H19F2N3O3. The number of ether oxygens (including phenoxy) is 1. The molecular weight excluding hydrogens is 344 g/mol. The Morgan fingerprint density at radius 3 is 2.19 bits per heavy atom. The first kappa shape index (κ1) is 19.2. The Morgan fingerprint density at radius 2 is 1.62 bits per heavy atom. The lowest BCUT2D eigenvalue weighted by Gasteiger charge is -2.15. The summed E-state index contributed by atoms with van der Waals surface area (Å²) in [6.07, 6.45) is -0.564. The fourth-order valence-corrected chi connectivity index (χ4v) is 2.15. The van der Waals surface area contributed by atoms with E-state index in [4.69, 9.17) is 4.74 Å². The van der Waals surface area contributed by atoms with Crippen molar-refractivity contribution in [2.24, 2.45) is 0 Å². The monoisotopic (exact) mass is 363 g/mol. The minimum absolute atomic E-state index is 0.266. The summed E-state index contributed by atoms with van der Waals surface area (Å²) in [5.74, 6) is -1.91. The Bertz CT molecular complexity index is 782. The van der Waals surface area contributed by atoms with Crippen molar-refractivity contribution in [1.82, 2.24) is 5.32 Å². The number of hydrogen-bond donors (Lipinski definition) is 3. The molecule has 0 aliphatic heterocycles. The predicted molar refractivity (Wildman–Crippen MR) is 94.0 cm³/mol. The van der Waals surface area contributed by atoms with E-state index in [0.717, 1.165) is 12.1 Å². The Hall–Kier alpha value is -3.16. The molecule has 0 aromatic heterocycles. The zero-order valence-corrected chi connectivity index (χ0v) is 14.3. The van der Waals surface area contributed by atoms with Crippen molar-refractivity contribution >= 4 is 23.5 Å². The molecule has 0 saturated carbocycles. The van der Waals surface area contributed by atoms with E-state index in [-0.39, 0.29) is 6.61 Å². The summed E-state index contributed by atoms with van der Waals surface area (Å²) < 4.78 is 31.0. The highest BCUT2D eigenvalue weighted by Crippen LogP contribution is 2.17. The van der Waals surface area contributed by atoms with E-state index in [1.165, 1.54) is 6.07 Å². The van der Waals surface area contributed by atoms with E-state index in [1.54, 1.807) is 38.1 Å². The van der Waals surface area contributed by atoms with Crippen molar-refractivity contribution in [3.05, 3.63) is 59.7 Å². The fraction of sp³-hybridized carbons (Fsp3) is 0.222. The normalized spacial score (nSPS) is 11.4. The lowest BCUT2D eigenvalue weighted by molar-refractivity contribution is 0.168. The molecule has 0 radical (unpaired) electrons. The van der Waals surface area contributed by atoms with Gasteiger partial charge in [0.05, 0.1) is 12.6 Å². The average Bonchev–Trinajstić information content (AvgIpc) is 2.59. The van der Waals surface area contributed by atoms with Gasteiger partial charge in [-0.1, -0.05) is 6.07 Å². The maximum absolute atomic E-state index is 13.3. The summed E-state index contributed by atoms with van der Waals surface area (Å²) in [6, 6.07) is 8.83. The molecule has 0 aliphatic rings. The van der Waals surface area contributed by atoms with Crippen LogP contribution in [0.25, 0.3) is 0 Å². The Morgan fingerprint density at radius 1 is 1.00 bits per heavy atom. The van der Waals surface area contributed by atoms with Crippen LogP contribution in [0, 0.1) is 11.6 Å². The van der Waals surface area contributed by atoms with Crippen molar-refractivity contribution in [3.63, 3.8) is 0 Å². The van der Waals surface area contributed by atoms with Gasteiger partial charge in [0.15, 0.2) is 11.6 Å². The van der Waals surface area contributed by atoms with Gasteiger partial charge >= 0.3 is 12.1 Å². The molecule has 2 aromatic rings. The van der Waals surface area contributed by atoms with Gasteiger partial charge in [-0.2, -0.15) is 0 Å². The molecule has 0 heterocycles. The van der Waals surface area contributed by atoms with E-state index in [0.29, 0.717) is 16.9 Å². The number of anilines is 2. The van der Waals surface area contributed by atoms with Crippen molar-refractivity contribution in [2.45, 2.75) is 19.9 Å². The van der Waals surface area contributed by atoms with Crippen LogP contribution in [0.2, 0.25) is 0 Å².